The third-order valence-electron chi connectivity index (χ3n) is 5.63. The number of allylic oxidation sites excluding steroid dienone is 9. The van der Waals surface area contributed by atoms with Crippen molar-refractivity contribution < 1.29 is 4.43 Å². The molecule has 0 aliphatic heterocycles. The predicted molar refractivity (Wildman–Crippen MR) is 149 cm³/mol. The fraction of sp³-hybridized carbons (Fsp3) is 0.290. The first kappa shape index (κ1) is 26.6. The van der Waals surface area contributed by atoms with Gasteiger partial charge < -0.3 is 4.43 Å². The lowest BCUT2D eigenvalue weighted by Gasteiger charge is -2.43. The normalized spacial score (nSPS) is 13.1. The molecule has 174 valence electrons. The molecule has 0 saturated carbocycles. The van der Waals surface area contributed by atoms with Crippen molar-refractivity contribution in [2.75, 3.05) is 6.61 Å². The quantitative estimate of drug-likeness (QED) is 0.172. The summed E-state index contributed by atoms with van der Waals surface area (Å²) in [6, 6.07) is 21.7. The van der Waals surface area contributed by atoms with Gasteiger partial charge in [-0.25, -0.2) is 0 Å². The smallest absolute Gasteiger partial charge is 0.261 e. The van der Waals surface area contributed by atoms with Gasteiger partial charge in [0.25, 0.3) is 8.32 Å². The van der Waals surface area contributed by atoms with Gasteiger partial charge in [-0.05, 0) is 41.1 Å². The molecule has 0 saturated heterocycles. The van der Waals surface area contributed by atoms with Crippen LogP contribution in [0.25, 0.3) is 0 Å². The molecule has 0 heterocycles. The van der Waals surface area contributed by atoms with Crippen LogP contribution in [0.5, 0.6) is 0 Å². The minimum Gasteiger partial charge on any atom is -0.407 e. The van der Waals surface area contributed by atoms with Crippen LogP contribution in [0.3, 0.4) is 0 Å². The van der Waals surface area contributed by atoms with Gasteiger partial charge in [0.2, 0.25) is 0 Å². The fourth-order valence-corrected chi connectivity index (χ4v) is 8.66. The Bertz CT molecular complexity index is 875. The first-order valence-electron chi connectivity index (χ1n) is 12.0. The minimum absolute atomic E-state index is 0.0299. The van der Waals surface area contributed by atoms with Crippen molar-refractivity contribution >= 4 is 18.7 Å². The van der Waals surface area contributed by atoms with E-state index in [2.05, 4.69) is 131 Å². The molecule has 2 aromatic rings. The molecule has 2 heteroatoms. The van der Waals surface area contributed by atoms with Gasteiger partial charge in [-0.2, -0.15) is 0 Å². The fourth-order valence-electron chi connectivity index (χ4n) is 4.05. The molecular weight excluding hydrogens is 416 g/mol. The highest BCUT2D eigenvalue weighted by Gasteiger charge is 2.49. The molecule has 33 heavy (non-hydrogen) atoms. The molecule has 0 unspecified atom stereocenters. The highest BCUT2D eigenvalue weighted by Crippen LogP contribution is 2.36. The van der Waals surface area contributed by atoms with Crippen molar-refractivity contribution in [1.82, 2.24) is 0 Å². The van der Waals surface area contributed by atoms with E-state index in [1.54, 1.807) is 0 Å². The lowest BCUT2D eigenvalue weighted by atomic mass is 10.2. The third-order valence-corrected chi connectivity index (χ3v) is 10.7. The monoisotopic (exact) mass is 456 g/mol. The van der Waals surface area contributed by atoms with Crippen LogP contribution in [0.2, 0.25) is 5.04 Å². The van der Waals surface area contributed by atoms with Crippen LogP contribution in [-0.4, -0.2) is 14.9 Å². The van der Waals surface area contributed by atoms with Crippen LogP contribution in [0.4, 0.5) is 0 Å². The van der Waals surface area contributed by atoms with Gasteiger partial charge in [-0.15, -0.1) is 0 Å². The van der Waals surface area contributed by atoms with Crippen molar-refractivity contribution in [3.05, 3.63) is 122 Å². The summed E-state index contributed by atoms with van der Waals surface area (Å²) in [5.41, 5.74) is 0. The lowest BCUT2D eigenvalue weighted by molar-refractivity contribution is 0.293. The summed E-state index contributed by atoms with van der Waals surface area (Å²) in [6.07, 6.45) is 22.9. The van der Waals surface area contributed by atoms with Crippen LogP contribution >= 0.6 is 0 Å². The second-order valence-electron chi connectivity index (χ2n) is 9.14. The minimum atomic E-state index is -2.41. The van der Waals surface area contributed by atoms with Crippen molar-refractivity contribution in [2.45, 2.75) is 51.5 Å². The molecule has 1 nitrogen and oxygen atoms in total. The molecule has 0 fully saturated rings. The summed E-state index contributed by atoms with van der Waals surface area (Å²) in [5.74, 6) is 0. The van der Waals surface area contributed by atoms with E-state index in [0.717, 1.165) is 32.3 Å². The van der Waals surface area contributed by atoms with Gasteiger partial charge in [0.05, 0.1) is 0 Å². The number of hydrogen-bond acceptors (Lipinski definition) is 1. The maximum atomic E-state index is 6.93. The summed E-state index contributed by atoms with van der Waals surface area (Å²) < 4.78 is 6.93. The second-order valence-corrected chi connectivity index (χ2v) is 13.4. The van der Waals surface area contributed by atoms with E-state index in [1.165, 1.54) is 10.4 Å². The number of benzene rings is 2. The highest BCUT2D eigenvalue weighted by molar-refractivity contribution is 6.99. The summed E-state index contributed by atoms with van der Waals surface area (Å²) >= 11 is 0. The van der Waals surface area contributed by atoms with Crippen molar-refractivity contribution in [2.24, 2.45) is 0 Å². The Morgan fingerprint density at radius 1 is 0.697 bits per heavy atom. The van der Waals surface area contributed by atoms with Gasteiger partial charge in [-0.3, -0.25) is 0 Å². The Labute approximate surface area is 203 Å². The number of rotatable bonds is 13. The van der Waals surface area contributed by atoms with Crippen LogP contribution < -0.4 is 10.4 Å². The average molecular weight is 457 g/mol. The summed E-state index contributed by atoms with van der Waals surface area (Å²) in [7, 11) is -2.41. The van der Waals surface area contributed by atoms with E-state index in [1.807, 2.05) is 12.2 Å². The third kappa shape index (κ3) is 8.31. The molecule has 0 bridgehead atoms. The number of hydrogen-bond donors (Lipinski definition) is 0. The van der Waals surface area contributed by atoms with E-state index < -0.39 is 8.32 Å². The predicted octanol–water partition coefficient (Wildman–Crippen LogP) is 7.53. The zero-order valence-corrected chi connectivity index (χ0v) is 21.6. The van der Waals surface area contributed by atoms with Gasteiger partial charge in [0.15, 0.2) is 0 Å². The second kappa shape index (κ2) is 14.5. The Hall–Kier alpha value is -2.68. The van der Waals surface area contributed by atoms with E-state index in [0.29, 0.717) is 0 Å². The standard InChI is InChI=1S/C31H40OSi/c1-5-6-7-8-9-10-11-12-13-14-15-16-23-28-32-33(31(2,3)4,29-24-19-17-20-25-29)30-26-21-18-22-27-30/h5-7,10-15,17-22,24-27H,1,8-9,16,23,28H2,2-4H3/b7-6+,11-10+,13-12+,15-14+. The van der Waals surface area contributed by atoms with Crippen LogP contribution in [0, 0.1) is 0 Å². The Kier molecular flexibility index (Phi) is 11.6. The molecule has 2 aromatic carbocycles. The Balaban J connectivity index is 1.95. The maximum Gasteiger partial charge on any atom is 0.261 e. The van der Waals surface area contributed by atoms with Crippen LogP contribution in [-0.2, 0) is 4.43 Å². The van der Waals surface area contributed by atoms with Crippen molar-refractivity contribution in [1.29, 1.82) is 0 Å². The average Bonchev–Trinajstić information content (AvgIpc) is 2.82. The summed E-state index contributed by atoms with van der Waals surface area (Å²) in [6.45, 7) is 11.4. The molecule has 0 aliphatic rings. The van der Waals surface area contributed by atoms with E-state index in [4.69, 9.17) is 4.43 Å². The first-order chi connectivity index (χ1) is 16.0. The van der Waals surface area contributed by atoms with E-state index >= 15 is 0 Å². The lowest BCUT2D eigenvalue weighted by Crippen LogP contribution is -2.66. The van der Waals surface area contributed by atoms with Gasteiger partial charge in [0.1, 0.15) is 0 Å². The largest absolute Gasteiger partial charge is 0.407 e. The molecule has 0 aromatic heterocycles. The molecular formula is C31H40OSi. The molecule has 0 spiro atoms. The van der Waals surface area contributed by atoms with Gasteiger partial charge >= 0.3 is 0 Å². The SMILES string of the molecule is C=C/C=C/CC/C=C/C=C/C=C/CCCO[Si](c1ccccc1)(c1ccccc1)C(C)(C)C. The Morgan fingerprint density at radius 3 is 1.67 bits per heavy atom. The van der Waals surface area contributed by atoms with Crippen molar-refractivity contribution in [3.8, 4) is 0 Å². The van der Waals surface area contributed by atoms with E-state index in [9.17, 15) is 0 Å². The van der Waals surface area contributed by atoms with Gasteiger partial charge in [-0.1, -0.05) is 143 Å². The zero-order valence-electron chi connectivity index (χ0n) is 20.6. The van der Waals surface area contributed by atoms with Crippen LogP contribution in [0.15, 0.2) is 122 Å². The highest BCUT2D eigenvalue weighted by atomic mass is 28.4. The molecule has 2 rings (SSSR count). The topological polar surface area (TPSA) is 9.23 Å². The molecule has 0 radical (unpaired) electrons. The number of unbranched alkanes of at least 4 members (excludes halogenated alkanes) is 2. The summed E-state index contributed by atoms with van der Waals surface area (Å²) in [4.78, 5) is 0. The molecule has 0 N–H and O–H groups in total. The zero-order chi connectivity index (χ0) is 23.8. The summed E-state index contributed by atoms with van der Waals surface area (Å²) in [5, 5.41) is 2.71. The first-order valence-corrected chi connectivity index (χ1v) is 13.9. The maximum absolute atomic E-state index is 6.93. The van der Waals surface area contributed by atoms with Crippen LogP contribution in [0.1, 0.15) is 46.5 Å². The van der Waals surface area contributed by atoms with Gasteiger partial charge in [0, 0.05) is 6.61 Å². The molecule has 0 atom stereocenters. The Morgan fingerprint density at radius 2 is 1.18 bits per heavy atom. The van der Waals surface area contributed by atoms with E-state index in [-0.39, 0.29) is 5.04 Å². The molecule has 0 amide bonds. The molecule has 0 aliphatic carbocycles. The van der Waals surface area contributed by atoms with Crippen molar-refractivity contribution in [3.63, 3.8) is 0 Å².